The number of rotatable bonds is 5. The van der Waals surface area contributed by atoms with E-state index in [0.717, 1.165) is 5.69 Å². The van der Waals surface area contributed by atoms with Gasteiger partial charge in [-0.1, -0.05) is 30.3 Å². The van der Waals surface area contributed by atoms with Crippen LogP contribution < -0.4 is 20.1 Å². The number of nitrogens with one attached hydrogen (secondary N) is 2. The van der Waals surface area contributed by atoms with Crippen molar-refractivity contribution in [3.8, 4) is 17.2 Å². The fourth-order valence-corrected chi connectivity index (χ4v) is 3.20. The van der Waals surface area contributed by atoms with Gasteiger partial charge < -0.3 is 20.1 Å². The molecule has 0 spiro atoms. The molecule has 1 aliphatic rings. The van der Waals surface area contributed by atoms with Gasteiger partial charge in [-0.2, -0.15) is 9.90 Å². The van der Waals surface area contributed by atoms with Crippen molar-refractivity contribution >= 4 is 23.2 Å². The van der Waals surface area contributed by atoms with Crippen molar-refractivity contribution in [2.45, 2.75) is 0 Å². The number of carbonyl (C=O) groups is 2. The molecule has 0 saturated carbocycles. The fourth-order valence-electron chi connectivity index (χ4n) is 3.20. The third-order valence-corrected chi connectivity index (χ3v) is 4.76. The topological polar surface area (TPSA) is 107 Å². The van der Waals surface area contributed by atoms with Gasteiger partial charge in [-0.25, -0.2) is 0 Å². The van der Waals surface area contributed by atoms with Gasteiger partial charge in [0.25, 0.3) is 11.8 Å². The summed E-state index contributed by atoms with van der Waals surface area (Å²) < 4.78 is 10.6. The first-order valence-electron chi connectivity index (χ1n) is 9.76. The summed E-state index contributed by atoms with van der Waals surface area (Å²) in [6.45, 7) is 0.149. The van der Waals surface area contributed by atoms with E-state index in [1.165, 1.54) is 11.0 Å². The standard InChI is InChI=1S/C23H17N5O4/c29-22(25-15-10-11-20-21(12-15)32-14-31-20)17-8-4-5-9-18(17)26-23(30)19-13-24-28(27-19)16-6-2-1-3-7-16/h1-13H,14H2,(H,25,29)(H,26,30). The van der Waals surface area contributed by atoms with Crippen LogP contribution in [0.15, 0.2) is 79.0 Å². The lowest BCUT2D eigenvalue weighted by Gasteiger charge is -2.11. The van der Waals surface area contributed by atoms with E-state index in [1.807, 2.05) is 30.3 Å². The lowest BCUT2D eigenvalue weighted by Crippen LogP contribution is -2.18. The summed E-state index contributed by atoms with van der Waals surface area (Å²) in [7, 11) is 0. The zero-order chi connectivity index (χ0) is 21.9. The minimum atomic E-state index is -0.476. The van der Waals surface area contributed by atoms with Crippen molar-refractivity contribution in [1.82, 2.24) is 15.0 Å². The van der Waals surface area contributed by atoms with Gasteiger partial charge in [-0.05, 0) is 36.4 Å². The fraction of sp³-hybridized carbons (Fsp3) is 0.0435. The minimum Gasteiger partial charge on any atom is -0.454 e. The van der Waals surface area contributed by atoms with E-state index in [9.17, 15) is 9.59 Å². The average Bonchev–Trinajstić information content (AvgIpc) is 3.50. The number of ether oxygens (including phenoxy) is 2. The SMILES string of the molecule is O=C(Nc1ccccc1C(=O)Nc1ccc2c(c1)OCO2)c1cnn(-c2ccccc2)n1. The number of benzene rings is 3. The molecule has 0 unspecified atom stereocenters. The van der Waals surface area contributed by atoms with E-state index in [0.29, 0.717) is 28.4 Å². The maximum absolute atomic E-state index is 12.9. The van der Waals surface area contributed by atoms with Crippen molar-refractivity contribution in [2.24, 2.45) is 0 Å². The van der Waals surface area contributed by atoms with Gasteiger partial charge in [0, 0.05) is 11.8 Å². The molecule has 0 aliphatic carbocycles. The lowest BCUT2D eigenvalue weighted by atomic mass is 10.1. The largest absolute Gasteiger partial charge is 0.454 e. The maximum atomic E-state index is 12.9. The van der Waals surface area contributed by atoms with Crippen LogP contribution in [0.3, 0.4) is 0 Å². The van der Waals surface area contributed by atoms with Crippen LogP contribution in [0.25, 0.3) is 5.69 Å². The summed E-state index contributed by atoms with van der Waals surface area (Å²) in [6.07, 6.45) is 1.37. The molecule has 9 heteroatoms. The van der Waals surface area contributed by atoms with E-state index >= 15 is 0 Å². The Morgan fingerprint density at radius 2 is 1.62 bits per heavy atom. The second kappa shape index (κ2) is 8.23. The molecule has 1 aliphatic heterocycles. The Bertz CT molecular complexity index is 1300. The number of carbonyl (C=O) groups excluding carboxylic acids is 2. The van der Waals surface area contributed by atoms with Crippen LogP contribution in [0.2, 0.25) is 0 Å². The molecule has 0 bridgehead atoms. The highest BCUT2D eigenvalue weighted by atomic mass is 16.7. The summed E-state index contributed by atoms with van der Waals surface area (Å²) >= 11 is 0. The number of aromatic nitrogens is 3. The van der Waals surface area contributed by atoms with E-state index in [-0.39, 0.29) is 18.4 Å². The molecule has 0 atom stereocenters. The number of anilines is 2. The first kappa shape index (κ1) is 19.3. The highest BCUT2D eigenvalue weighted by molar-refractivity contribution is 6.12. The Morgan fingerprint density at radius 3 is 2.50 bits per heavy atom. The van der Waals surface area contributed by atoms with Crippen LogP contribution in [0, 0.1) is 0 Å². The number of hydrogen-bond donors (Lipinski definition) is 2. The Balaban J connectivity index is 1.33. The molecule has 4 aromatic rings. The quantitative estimate of drug-likeness (QED) is 0.505. The van der Waals surface area contributed by atoms with Gasteiger partial charge >= 0.3 is 0 Å². The summed E-state index contributed by atoms with van der Waals surface area (Å²) in [4.78, 5) is 27.0. The predicted octanol–water partition coefficient (Wildman–Crippen LogP) is 3.50. The molecular formula is C23H17N5O4. The predicted molar refractivity (Wildman–Crippen MR) is 116 cm³/mol. The van der Waals surface area contributed by atoms with Crippen molar-refractivity contribution in [1.29, 1.82) is 0 Å². The molecule has 158 valence electrons. The van der Waals surface area contributed by atoms with Gasteiger partial charge in [0.05, 0.1) is 23.1 Å². The minimum absolute atomic E-state index is 0.125. The normalized spacial score (nSPS) is 11.8. The molecule has 3 aromatic carbocycles. The summed E-state index contributed by atoms with van der Waals surface area (Å²) in [5, 5.41) is 13.9. The van der Waals surface area contributed by atoms with Gasteiger partial charge in [-0.3, -0.25) is 9.59 Å². The molecule has 0 radical (unpaired) electrons. The Labute approximate surface area is 182 Å². The molecule has 0 fully saturated rings. The molecule has 2 heterocycles. The molecule has 2 amide bonds. The van der Waals surface area contributed by atoms with Gasteiger partial charge in [0.15, 0.2) is 17.2 Å². The van der Waals surface area contributed by atoms with Crippen LogP contribution in [0.1, 0.15) is 20.8 Å². The number of amides is 2. The first-order chi connectivity index (χ1) is 15.7. The Morgan fingerprint density at radius 1 is 0.844 bits per heavy atom. The average molecular weight is 427 g/mol. The zero-order valence-electron chi connectivity index (χ0n) is 16.7. The monoisotopic (exact) mass is 427 g/mol. The summed E-state index contributed by atoms with van der Waals surface area (Å²) in [5.41, 5.74) is 2.06. The van der Waals surface area contributed by atoms with Crippen LogP contribution in [0.4, 0.5) is 11.4 Å². The number of para-hydroxylation sites is 2. The van der Waals surface area contributed by atoms with Crippen LogP contribution in [-0.2, 0) is 0 Å². The highest BCUT2D eigenvalue weighted by Gasteiger charge is 2.18. The third-order valence-electron chi connectivity index (χ3n) is 4.76. The van der Waals surface area contributed by atoms with Gasteiger partial charge in [0.2, 0.25) is 6.79 Å². The smallest absolute Gasteiger partial charge is 0.277 e. The summed E-state index contributed by atoms with van der Waals surface area (Å²) in [6, 6.07) is 21.1. The van der Waals surface area contributed by atoms with Crippen LogP contribution in [-0.4, -0.2) is 33.6 Å². The first-order valence-corrected chi connectivity index (χ1v) is 9.76. The molecule has 0 saturated heterocycles. The lowest BCUT2D eigenvalue weighted by molar-refractivity contribution is 0.102. The molecule has 5 rings (SSSR count). The van der Waals surface area contributed by atoms with Gasteiger partial charge in [0.1, 0.15) is 0 Å². The number of nitrogens with zero attached hydrogens (tertiary/aromatic N) is 3. The van der Waals surface area contributed by atoms with Crippen molar-refractivity contribution in [2.75, 3.05) is 17.4 Å². The van der Waals surface area contributed by atoms with Crippen molar-refractivity contribution in [3.63, 3.8) is 0 Å². The molecule has 32 heavy (non-hydrogen) atoms. The van der Waals surface area contributed by atoms with Crippen molar-refractivity contribution < 1.29 is 19.1 Å². The molecule has 1 aromatic heterocycles. The molecule has 9 nitrogen and oxygen atoms in total. The highest BCUT2D eigenvalue weighted by Crippen LogP contribution is 2.34. The van der Waals surface area contributed by atoms with E-state index in [1.54, 1.807) is 42.5 Å². The second-order valence-corrected chi connectivity index (χ2v) is 6.88. The molecular weight excluding hydrogens is 410 g/mol. The van der Waals surface area contributed by atoms with E-state index in [4.69, 9.17) is 9.47 Å². The summed E-state index contributed by atoms with van der Waals surface area (Å²) in [5.74, 6) is 0.327. The van der Waals surface area contributed by atoms with Crippen molar-refractivity contribution in [3.05, 3.63) is 90.3 Å². The van der Waals surface area contributed by atoms with E-state index in [2.05, 4.69) is 20.8 Å². The van der Waals surface area contributed by atoms with Gasteiger partial charge in [-0.15, -0.1) is 5.10 Å². The number of hydrogen-bond acceptors (Lipinski definition) is 6. The van der Waals surface area contributed by atoms with Crippen LogP contribution >= 0.6 is 0 Å². The zero-order valence-corrected chi connectivity index (χ0v) is 16.7. The Hall–Kier alpha value is -4.66. The second-order valence-electron chi connectivity index (χ2n) is 6.88. The molecule has 2 N–H and O–H groups in total. The van der Waals surface area contributed by atoms with Crippen LogP contribution in [0.5, 0.6) is 11.5 Å². The third kappa shape index (κ3) is 3.86. The number of fused-ring (bicyclic) bond motifs is 1. The Kier molecular flexibility index (Phi) is 4.97. The van der Waals surface area contributed by atoms with E-state index < -0.39 is 5.91 Å². The maximum Gasteiger partial charge on any atom is 0.277 e.